The summed E-state index contributed by atoms with van der Waals surface area (Å²) in [6.45, 7) is 2.42. The minimum absolute atomic E-state index is 0.0637. The van der Waals surface area contributed by atoms with Gasteiger partial charge in [-0.05, 0) is 43.3 Å². The number of aromatic nitrogens is 2. The Labute approximate surface area is 165 Å². The van der Waals surface area contributed by atoms with E-state index in [0.717, 1.165) is 11.5 Å². The summed E-state index contributed by atoms with van der Waals surface area (Å²) >= 11 is 7.01. The number of amides is 1. The monoisotopic (exact) mass is 407 g/mol. The highest BCUT2D eigenvalue weighted by Crippen LogP contribution is 2.20. The first-order valence-corrected chi connectivity index (χ1v) is 9.49. The quantitative estimate of drug-likeness (QED) is 0.523. The molecule has 3 rings (SSSR count). The summed E-state index contributed by atoms with van der Waals surface area (Å²) in [5.41, 5.74) is 0. The third-order valence-electron chi connectivity index (χ3n) is 3.56. The van der Waals surface area contributed by atoms with Crippen molar-refractivity contribution in [2.45, 2.75) is 25.3 Å². The Hall–Kier alpha value is -2.45. The molecule has 9 heteroatoms. The van der Waals surface area contributed by atoms with Crippen molar-refractivity contribution in [2.75, 3.05) is 12.8 Å². The van der Waals surface area contributed by atoms with Crippen molar-refractivity contribution in [3.8, 4) is 5.75 Å². The van der Waals surface area contributed by atoms with E-state index >= 15 is 0 Å². The van der Waals surface area contributed by atoms with E-state index in [4.69, 9.17) is 25.2 Å². The van der Waals surface area contributed by atoms with Crippen molar-refractivity contribution < 1.29 is 18.4 Å². The molecule has 0 spiro atoms. The van der Waals surface area contributed by atoms with E-state index in [1.807, 2.05) is 19.1 Å². The average Bonchev–Trinajstić information content (AvgIpc) is 3.28. The van der Waals surface area contributed by atoms with Gasteiger partial charge in [0.1, 0.15) is 17.3 Å². The van der Waals surface area contributed by atoms with Gasteiger partial charge in [-0.1, -0.05) is 23.4 Å². The number of rotatable bonds is 8. The van der Waals surface area contributed by atoms with Crippen LogP contribution in [0.15, 0.2) is 50.5 Å². The standard InChI is InChI=1S/C18H18ClN3O4S/c1-12-3-6-15(25-12)9-22(2)17(23)11-27-18-21-20-16(26-18)10-24-14-7-4-13(19)5-8-14/h3-8H,9-11H2,1-2H3. The number of aryl methyl sites for hydroxylation is 1. The number of hydrogen-bond donors (Lipinski definition) is 0. The van der Waals surface area contributed by atoms with Crippen LogP contribution in [0.4, 0.5) is 0 Å². The van der Waals surface area contributed by atoms with Crippen LogP contribution >= 0.6 is 23.4 Å². The molecule has 0 atom stereocenters. The van der Waals surface area contributed by atoms with Gasteiger partial charge in [-0.25, -0.2) is 0 Å². The molecule has 0 N–H and O–H groups in total. The smallest absolute Gasteiger partial charge is 0.277 e. The summed E-state index contributed by atoms with van der Waals surface area (Å²) in [5, 5.41) is 8.79. The Balaban J connectivity index is 1.44. The van der Waals surface area contributed by atoms with E-state index in [1.54, 1.807) is 36.2 Å². The lowest BCUT2D eigenvalue weighted by Gasteiger charge is -2.14. The van der Waals surface area contributed by atoms with Gasteiger partial charge in [0.15, 0.2) is 6.61 Å². The van der Waals surface area contributed by atoms with Crippen molar-refractivity contribution in [1.82, 2.24) is 15.1 Å². The molecule has 3 aromatic rings. The number of benzene rings is 1. The fourth-order valence-electron chi connectivity index (χ4n) is 2.16. The molecule has 0 saturated carbocycles. The zero-order valence-corrected chi connectivity index (χ0v) is 16.4. The topological polar surface area (TPSA) is 81.6 Å². The third kappa shape index (κ3) is 5.77. The third-order valence-corrected chi connectivity index (χ3v) is 4.61. The molecule has 0 bridgehead atoms. The molecule has 0 saturated heterocycles. The van der Waals surface area contributed by atoms with Crippen molar-refractivity contribution in [1.29, 1.82) is 0 Å². The second kappa shape index (κ2) is 8.96. The van der Waals surface area contributed by atoms with E-state index in [-0.39, 0.29) is 18.3 Å². The molecule has 27 heavy (non-hydrogen) atoms. The summed E-state index contributed by atoms with van der Waals surface area (Å²) in [5.74, 6) is 2.67. The van der Waals surface area contributed by atoms with Gasteiger partial charge >= 0.3 is 0 Å². The van der Waals surface area contributed by atoms with Gasteiger partial charge in [0.05, 0.1) is 12.3 Å². The van der Waals surface area contributed by atoms with E-state index in [0.29, 0.717) is 28.4 Å². The number of carbonyl (C=O) groups is 1. The zero-order valence-electron chi connectivity index (χ0n) is 14.8. The molecule has 0 radical (unpaired) electrons. The van der Waals surface area contributed by atoms with Crippen molar-refractivity contribution in [2.24, 2.45) is 0 Å². The van der Waals surface area contributed by atoms with Crippen LogP contribution in [-0.2, 0) is 17.9 Å². The van der Waals surface area contributed by atoms with E-state index in [1.165, 1.54) is 11.8 Å². The molecule has 7 nitrogen and oxygen atoms in total. The maximum atomic E-state index is 12.2. The van der Waals surface area contributed by atoms with Gasteiger partial charge < -0.3 is 18.5 Å². The molecular formula is C18H18ClN3O4S. The van der Waals surface area contributed by atoms with Crippen molar-refractivity contribution in [3.05, 3.63) is 58.8 Å². The Morgan fingerprint density at radius 1 is 1.19 bits per heavy atom. The molecule has 2 heterocycles. The molecule has 0 aliphatic heterocycles. The molecule has 1 amide bonds. The van der Waals surface area contributed by atoms with Crippen molar-refractivity contribution in [3.63, 3.8) is 0 Å². The number of nitrogens with zero attached hydrogens (tertiary/aromatic N) is 3. The SMILES string of the molecule is Cc1ccc(CN(C)C(=O)CSc2nnc(COc3ccc(Cl)cc3)o2)o1. The number of halogens is 1. The summed E-state index contributed by atoms with van der Waals surface area (Å²) in [4.78, 5) is 13.8. The number of carbonyl (C=O) groups excluding carboxylic acids is 1. The van der Waals surface area contributed by atoms with Crippen LogP contribution in [0, 0.1) is 6.92 Å². The van der Waals surface area contributed by atoms with Crippen LogP contribution in [0.5, 0.6) is 5.75 Å². The molecular weight excluding hydrogens is 390 g/mol. The summed E-state index contributed by atoms with van der Waals surface area (Å²) < 4.78 is 16.5. The number of furan rings is 1. The predicted molar refractivity (Wildman–Crippen MR) is 101 cm³/mol. The lowest BCUT2D eigenvalue weighted by Crippen LogP contribution is -2.27. The first-order chi connectivity index (χ1) is 13.0. The lowest BCUT2D eigenvalue weighted by molar-refractivity contribution is -0.127. The predicted octanol–water partition coefficient (Wildman–Crippen LogP) is 3.95. The lowest BCUT2D eigenvalue weighted by atomic mass is 10.3. The maximum absolute atomic E-state index is 12.2. The Kier molecular flexibility index (Phi) is 6.41. The zero-order chi connectivity index (χ0) is 19.2. The van der Waals surface area contributed by atoms with E-state index in [9.17, 15) is 4.79 Å². The molecule has 0 unspecified atom stereocenters. The van der Waals surface area contributed by atoms with Crippen LogP contribution in [0.2, 0.25) is 5.02 Å². The minimum atomic E-state index is -0.0637. The van der Waals surface area contributed by atoms with Gasteiger partial charge in [0, 0.05) is 12.1 Å². The first kappa shape index (κ1) is 19.3. The Morgan fingerprint density at radius 2 is 1.96 bits per heavy atom. The number of thioether (sulfide) groups is 1. The van der Waals surface area contributed by atoms with Gasteiger partial charge in [0.2, 0.25) is 5.91 Å². The van der Waals surface area contributed by atoms with Crippen LogP contribution < -0.4 is 4.74 Å². The molecule has 0 fully saturated rings. The highest BCUT2D eigenvalue weighted by atomic mass is 35.5. The summed E-state index contributed by atoms with van der Waals surface area (Å²) in [6, 6.07) is 10.7. The van der Waals surface area contributed by atoms with Gasteiger partial charge in [-0.3, -0.25) is 4.79 Å². The fourth-order valence-corrected chi connectivity index (χ4v) is 3.00. The van der Waals surface area contributed by atoms with Crippen LogP contribution in [-0.4, -0.2) is 33.8 Å². The fraction of sp³-hybridized carbons (Fsp3) is 0.278. The molecule has 142 valence electrons. The van der Waals surface area contributed by atoms with Gasteiger partial charge in [-0.2, -0.15) is 0 Å². The highest BCUT2D eigenvalue weighted by Gasteiger charge is 2.14. The van der Waals surface area contributed by atoms with E-state index in [2.05, 4.69) is 10.2 Å². The number of hydrogen-bond acceptors (Lipinski definition) is 7. The first-order valence-electron chi connectivity index (χ1n) is 8.12. The second-order valence-corrected chi connectivity index (χ2v) is 7.12. The van der Waals surface area contributed by atoms with Gasteiger partial charge in [0.25, 0.3) is 11.1 Å². The Morgan fingerprint density at radius 3 is 2.67 bits per heavy atom. The van der Waals surface area contributed by atoms with E-state index < -0.39 is 0 Å². The Bertz CT molecular complexity index is 894. The minimum Gasteiger partial charge on any atom is -0.484 e. The van der Waals surface area contributed by atoms with Gasteiger partial charge in [-0.15, -0.1) is 10.2 Å². The average molecular weight is 408 g/mol. The summed E-state index contributed by atoms with van der Waals surface area (Å²) in [7, 11) is 1.72. The van der Waals surface area contributed by atoms with Crippen LogP contribution in [0.3, 0.4) is 0 Å². The maximum Gasteiger partial charge on any atom is 0.277 e. The highest BCUT2D eigenvalue weighted by molar-refractivity contribution is 7.99. The number of ether oxygens (including phenoxy) is 1. The molecule has 1 aromatic carbocycles. The van der Waals surface area contributed by atoms with Crippen molar-refractivity contribution >= 4 is 29.3 Å². The second-order valence-electron chi connectivity index (χ2n) is 5.76. The molecule has 2 aromatic heterocycles. The normalized spacial score (nSPS) is 10.8. The summed E-state index contributed by atoms with van der Waals surface area (Å²) in [6.07, 6.45) is 0. The largest absolute Gasteiger partial charge is 0.484 e. The van der Waals surface area contributed by atoms with Crippen LogP contribution in [0.25, 0.3) is 0 Å². The molecule has 0 aliphatic carbocycles. The van der Waals surface area contributed by atoms with Crippen LogP contribution in [0.1, 0.15) is 17.4 Å². The molecule has 0 aliphatic rings.